The van der Waals surface area contributed by atoms with Crippen molar-refractivity contribution in [1.29, 1.82) is 0 Å². The molecule has 24 heavy (non-hydrogen) atoms. The lowest BCUT2D eigenvalue weighted by Crippen LogP contribution is -2.10. The van der Waals surface area contributed by atoms with Crippen LogP contribution in [-0.2, 0) is 11.3 Å². The van der Waals surface area contributed by atoms with Gasteiger partial charge in [0.25, 0.3) is 0 Å². The molecule has 6 heteroatoms. The number of carbonyl (C=O) groups is 2. The Morgan fingerprint density at radius 2 is 1.96 bits per heavy atom. The second-order valence-electron chi connectivity index (χ2n) is 5.38. The van der Waals surface area contributed by atoms with Crippen LogP contribution in [0.15, 0.2) is 42.5 Å². The van der Waals surface area contributed by atoms with Crippen LogP contribution in [0.3, 0.4) is 0 Å². The number of nitrogens with zero attached hydrogens (tertiary/aromatic N) is 2. The number of para-hydroxylation sites is 1. The first-order valence-corrected chi connectivity index (χ1v) is 7.37. The fourth-order valence-electron chi connectivity index (χ4n) is 2.68. The molecule has 0 aliphatic rings. The van der Waals surface area contributed by atoms with E-state index in [0.717, 1.165) is 0 Å². The number of carboxylic acid groups (broad SMARTS) is 1. The molecule has 1 N–H and O–H groups in total. The summed E-state index contributed by atoms with van der Waals surface area (Å²) in [5.41, 5.74) is 2.46. The van der Waals surface area contributed by atoms with Crippen LogP contribution in [0.1, 0.15) is 17.3 Å². The number of hydrogen-bond acceptors (Lipinski definition) is 4. The Balaban J connectivity index is 2.29. The molecule has 0 aliphatic carbocycles. The zero-order valence-corrected chi connectivity index (χ0v) is 13.3. The van der Waals surface area contributed by atoms with Crippen LogP contribution in [0.5, 0.6) is 5.75 Å². The van der Waals surface area contributed by atoms with Crippen LogP contribution in [0.25, 0.3) is 22.4 Å². The first-order valence-electron chi connectivity index (χ1n) is 7.37. The van der Waals surface area contributed by atoms with Gasteiger partial charge in [0.05, 0.1) is 23.7 Å². The Bertz CT molecular complexity index is 943. The third kappa shape index (κ3) is 2.74. The molecule has 0 saturated carbocycles. The standard InChI is InChI=1S/C18H16N2O4/c1-11(21)12-7-8-15-14(9-12)19-18(20(15)10-17(22)23)13-5-3-4-6-16(13)24-2/h3-9H,10H2,1-2H3,(H,22,23). The first kappa shape index (κ1) is 15.7. The molecule has 0 bridgehead atoms. The van der Waals surface area contributed by atoms with Crippen LogP contribution in [-0.4, -0.2) is 33.5 Å². The topological polar surface area (TPSA) is 81.4 Å². The van der Waals surface area contributed by atoms with Crippen LogP contribution >= 0.6 is 0 Å². The summed E-state index contributed by atoms with van der Waals surface area (Å²) >= 11 is 0. The lowest BCUT2D eigenvalue weighted by Gasteiger charge is -2.10. The van der Waals surface area contributed by atoms with Gasteiger partial charge in [0.1, 0.15) is 18.1 Å². The Morgan fingerprint density at radius 1 is 1.21 bits per heavy atom. The number of aliphatic carboxylic acids is 1. The van der Waals surface area contributed by atoms with E-state index in [1.54, 1.807) is 35.9 Å². The molecule has 0 radical (unpaired) electrons. The Hall–Kier alpha value is -3.15. The molecule has 3 aromatic rings. The molecule has 1 aromatic heterocycles. The van der Waals surface area contributed by atoms with E-state index in [-0.39, 0.29) is 12.3 Å². The minimum absolute atomic E-state index is 0.0662. The van der Waals surface area contributed by atoms with E-state index in [0.29, 0.717) is 33.7 Å². The van der Waals surface area contributed by atoms with Gasteiger partial charge in [-0.1, -0.05) is 12.1 Å². The van der Waals surface area contributed by atoms with Crippen molar-refractivity contribution in [2.24, 2.45) is 0 Å². The molecule has 3 rings (SSSR count). The highest BCUT2D eigenvalue weighted by Gasteiger charge is 2.18. The monoisotopic (exact) mass is 324 g/mol. The summed E-state index contributed by atoms with van der Waals surface area (Å²) in [5, 5.41) is 9.25. The van der Waals surface area contributed by atoms with Gasteiger partial charge in [-0.2, -0.15) is 0 Å². The van der Waals surface area contributed by atoms with E-state index in [4.69, 9.17) is 4.74 Å². The number of imidazole rings is 1. The van der Waals surface area contributed by atoms with Gasteiger partial charge in [-0.05, 0) is 37.3 Å². The second kappa shape index (κ2) is 6.16. The molecule has 0 unspecified atom stereocenters. The Morgan fingerprint density at radius 3 is 2.62 bits per heavy atom. The minimum atomic E-state index is -0.971. The normalized spacial score (nSPS) is 10.8. The van der Waals surface area contributed by atoms with E-state index in [9.17, 15) is 14.7 Å². The van der Waals surface area contributed by atoms with Crippen molar-refractivity contribution in [3.05, 3.63) is 48.0 Å². The molecule has 2 aromatic carbocycles. The summed E-state index contributed by atoms with van der Waals surface area (Å²) in [6, 6.07) is 12.4. The Kier molecular flexibility index (Phi) is 4.04. The highest BCUT2D eigenvalue weighted by Crippen LogP contribution is 2.32. The maximum Gasteiger partial charge on any atom is 0.323 e. The molecular formula is C18H16N2O4. The minimum Gasteiger partial charge on any atom is -0.496 e. The summed E-state index contributed by atoms with van der Waals surface area (Å²) in [7, 11) is 1.55. The zero-order valence-electron chi connectivity index (χ0n) is 13.3. The number of ketones is 1. The van der Waals surface area contributed by atoms with Gasteiger partial charge >= 0.3 is 5.97 Å². The number of hydrogen-bond donors (Lipinski definition) is 1. The number of benzene rings is 2. The molecule has 0 spiro atoms. The van der Waals surface area contributed by atoms with Crippen LogP contribution < -0.4 is 4.74 Å². The van der Waals surface area contributed by atoms with E-state index in [1.165, 1.54) is 6.92 Å². The number of ether oxygens (including phenoxy) is 1. The van der Waals surface area contributed by atoms with Crippen molar-refractivity contribution in [1.82, 2.24) is 9.55 Å². The van der Waals surface area contributed by atoms with Gasteiger partial charge in [-0.25, -0.2) is 4.98 Å². The van der Waals surface area contributed by atoms with Crippen molar-refractivity contribution in [2.45, 2.75) is 13.5 Å². The highest BCUT2D eigenvalue weighted by molar-refractivity contribution is 5.98. The maximum atomic E-state index is 11.6. The molecular weight excluding hydrogens is 308 g/mol. The Labute approximate surface area is 138 Å². The highest BCUT2D eigenvalue weighted by atomic mass is 16.5. The summed E-state index contributed by atoms with van der Waals surface area (Å²) < 4.78 is 6.97. The van der Waals surface area contributed by atoms with Crippen LogP contribution in [0.2, 0.25) is 0 Å². The van der Waals surface area contributed by atoms with Crippen molar-refractivity contribution < 1.29 is 19.4 Å². The number of aromatic nitrogens is 2. The van der Waals surface area contributed by atoms with Crippen molar-refractivity contribution in [3.63, 3.8) is 0 Å². The number of carbonyl (C=O) groups excluding carboxylic acids is 1. The molecule has 6 nitrogen and oxygen atoms in total. The SMILES string of the molecule is COc1ccccc1-c1nc2cc(C(C)=O)ccc2n1CC(=O)O. The zero-order chi connectivity index (χ0) is 17.3. The number of fused-ring (bicyclic) bond motifs is 1. The van der Waals surface area contributed by atoms with Gasteiger partial charge in [-0.15, -0.1) is 0 Å². The van der Waals surface area contributed by atoms with Gasteiger partial charge in [0.15, 0.2) is 5.78 Å². The molecule has 0 fully saturated rings. The van der Waals surface area contributed by atoms with Gasteiger partial charge in [-0.3, -0.25) is 9.59 Å². The largest absolute Gasteiger partial charge is 0.496 e. The van der Waals surface area contributed by atoms with Gasteiger partial charge in [0, 0.05) is 5.56 Å². The number of carboxylic acids is 1. The molecule has 0 saturated heterocycles. The van der Waals surface area contributed by atoms with E-state index >= 15 is 0 Å². The molecule has 0 atom stereocenters. The van der Waals surface area contributed by atoms with Crippen molar-refractivity contribution in [2.75, 3.05) is 7.11 Å². The number of Topliss-reactive ketones (excluding diaryl/α,β-unsaturated/α-hetero) is 1. The average Bonchev–Trinajstić information content (AvgIpc) is 2.91. The van der Waals surface area contributed by atoms with Gasteiger partial charge in [0.2, 0.25) is 0 Å². The lowest BCUT2D eigenvalue weighted by molar-refractivity contribution is -0.137. The van der Waals surface area contributed by atoms with Crippen LogP contribution in [0.4, 0.5) is 0 Å². The lowest BCUT2D eigenvalue weighted by atomic mass is 10.1. The van der Waals surface area contributed by atoms with Crippen molar-refractivity contribution in [3.8, 4) is 17.1 Å². The molecule has 1 heterocycles. The second-order valence-corrected chi connectivity index (χ2v) is 5.38. The predicted molar refractivity (Wildman–Crippen MR) is 89.4 cm³/mol. The fourth-order valence-corrected chi connectivity index (χ4v) is 2.68. The quantitative estimate of drug-likeness (QED) is 0.730. The number of methoxy groups -OCH3 is 1. The predicted octanol–water partition coefficient (Wildman–Crippen LogP) is 3.00. The molecule has 0 amide bonds. The summed E-state index contributed by atoms with van der Waals surface area (Å²) in [6.45, 7) is 1.25. The van der Waals surface area contributed by atoms with Crippen molar-refractivity contribution >= 4 is 22.8 Å². The third-order valence-corrected chi connectivity index (χ3v) is 3.80. The van der Waals surface area contributed by atoms with E-state index in [1.807, 2.05) is 18.2 Å². The van der Waals surface area contributed by atoms with Gasteiger partial charge < -0.3 is 14.4 Å². The summed E-state index contributed by atoms with van der Waals surface area (Å²) in [6.07, 6.45) is 0. The van der Waals surface area contributed by atoms with Crippen LogP contribution in [0, 0.1) is 0 Å². The summed E-state index contributed by atoms with van der Waals surface area (Å²) in [4.78, 5) is 27.4. The number of rotatable bonds is 5. The first-order chi connectivity index (χ1) is 11.5. The summed E-state index contributed by atoms with van der Waals surface area (Å²) in [5.74, 6) is 0.0569. The molecule has 0 aliphatic heterocycles. The fraction of sp³-hybridized carbons (Fsp3) is 0.167. The van der Waals surface area contributed by atoms with E-state index in [2.05, 4.69) is 4.98 Å². The third-order valence-electron chi connectivity index (χ3n) is 3.80. The van der Waals surface area contributed by atoms with E-state index < -0.39 is 5.97 Å². The molecule has 122 valence electrons. The average molecular weight is 324 g/mol. The maximum absolute atomic E-state index is 11.6. The smallest absolute Gasteiger partial charge is 0.323 e.